The van der Waals surface area contributed by atoms with Crippen LogP contribution in [0.25, 0.3) is 0 Å². The van der Waals surface area contributed by atoms with E-state index in [1.54, 1.807) is 43.2 Å². The number of carbonyl (C=O) groups is 2. The number of sulfonamides is 1. The number of nitrogens with one attached hydrogen (secondary N) is 1. The van der Waals surface area contributed by atoms with Crippen molar-refractivity contribution in [3.05, 3.63) is 59.1 Å². The van der Waals surface area contributed by atoms with Crippen molar-refractivity contribution >= 4 is 39.1 Å². The summed E-state index contributed by atoms with van der Waals surface area (Å²) in [6, 6.07) is 13.4. The lowest BCUT2D eigenvalue weighted by Gasteiger charge is -2.30. The molecule has 0 heterocycles. The van der Waals surface area contributed by atoms with Crippen LogP contribution in [0.5, 0.6) is 5.75 Å². The fourth-order valence-corrected chi connectivity index (χ4v) is 5.64. The zero-order valence-electron chi connectivity index (χ0n) is 21.7. The first-order chi connectivity index (χ1) is 17.6. The zero-order chi connectivity index (χ0) is 27.0. The van der Waals surface area contributed by atoms with Gasteiger partial charge in [0.1, 0.15) is 11.8 Å². The molecule has 2 aromatic rings. The van der Waals surface area contributed by atoms with Crippen molar-refractivity contribution in [2.45, 2.75) is 64.1 Å². The molecule has 0 spiro atoms. The van der Waals surface area contributed by atoms with Gasteiger partial charge in [0.25, 0.3) is 0 Å². The molecule has 3 rings (SSSR count). The number of ether oxygens (including phenoxy) is 1. The summed E-state index contributed by atoms with van der Waals surface area (Å²) in [5.41, 5.74) is 1.32. The topological polar surface area (TPSA) is 96.0 Å². The van der Waals surface area contributed by atoms with E-state index in [4.69, 9.17) is 16.3 Å². The first kappa shape index (κ1) is 28.8. The van der Waals surface area contributed by atoms with Crippen LogP contribution in [0.4, 0.5) is 5.69 Å². The predicted octanol–water partition coefficient (Wildman–Crippen LogP) is 4.37. The fraction of sp³-hybridized carbons (Fsp3) is 0.481. The highest BCUT2D eigenvalue weighted by Gasteiger charge is 2.29. The quantitative estimate of drug-likeness (QED) is 0.424. The molecule has 1 aliphatic carbocycles. The zero-order valence-corrected chi connectivity index (χ0v) is 23.2. The van der Waals surface area contributed by atoms with Gasteiger partial charge in [0.15, 0.2) is 0 Å². The molecule has 0 radical (unpaired) electrons. The molecule has 0 aliphatic heterocycles. The average Bonchev–Trinajstić information content (AvgIpc) is 3.38. The SMILES string of the molecule is COc1cccc(CN(C(=O)CCCN(c2ccc(Cl)cc2)S(C)(=O)=O)[C@H](C)C(=O)NC2CCCC2)c1. The first-order valence-electron chi connectivity index (χ1n) is 12.5. The smallest absolute Gasteiger partial charge is 0.242 e. The van der Waals surface area contributed by atoms with E-state index in [1.165, 1.54) is 4.31 Å². The maximum atomic E-state index is 13.4. The van der Waals surface area contributed by atoms with Gasteiger partial charge >= 0.3 is 0 Å². The van der Waals surface area contributed by atoms with E-state index in [0.717, 1.165) is 37.5 Å². The van der Waals surface area contributed by atoms with Crippen molar-refractivity contribution < 1.29 is 22.7 Å². The third-order valence-corrected chi connectivity index (χ3v) is 8.07. The van der Waals surface area contributed by atoms with Crippen LogP contribution in [0.1, 0.15) is 51.0 Å². The second kappa shape index (κ2) is 13.1. The van der Waals surface area contributed by atoms with Crippen molar-refractivity contribution in [1.29, 1.82) is 0 Å². The van der Waals surface area contributed by atoms with Gasteiger partial charge in [0.2, 0.25) is 21.8 Å². The van der Waals surface area contributed by atoms with Crippen molar-refractivity contribution in [3.8, 4) is 5.75 Å². The third kappa shape index (κ3) is 8.36. The van der Waals surface area contributed by atoms with E-state index >= 15 is 0 Å². The molecule has 0 bridgehead atoms. The van der Waals surface area contributed by atoms with E-state index in [-0.39, 0.29) is 37.4 Å². The maximum absolute atomic E-state index is 13.4. The van der Waals surface area contributed by atoms with Crippen molar-refractivity contribution in [2.24, 2.45) is 0 Å². The van der Waals surface area contributed by atoms with Crippen LogP contribution in [-0.4, -0.2) is 57.1 Å². The molecule has 1 N–H and O–H groups in total. The number of benzene rings is 2. The molecule has 37 heavy (non-hydrogen) atoms. The van der Waals surface area contributed by atoms with E-state index in [9.17, 15) is 18.0 Å². The van der Waals surface area contributed by atoms with Gasteiger partial charge in [-0.3, -0.25) is 13.9 Å². The molecule has 0 saturated heterocycles. The summed E-state index contributed by atoms with van der Waals surface area (Å²) in [4.78, 5) is 28.0. The predicted molar refractivity (Wildman–Crippen MR) is 146 cm³/mol. The molecular formula is C27H36ClN3O5S. The minimum Gasteiger partial charge on any atom is -0.497 e. The second-order valence-corrected chi connectivity index (χ2v) is 11.8. The minimum absolute atomic E-state index is 0.0879. The molecule has 2 amide bonds. The van der Waals surface area contributed by atoms with Gasteiger partial charge in [0, 0.05) is 30.6 Å². The maximum Gasteiger partial charge on any atom is 0.242 e. The summed E-state index contributed by atoms with van der Waals surface area (Å²) in [5.74, 6) is 0.267. The molecule has 1 saturated carbocycles. The van der Waals surface area contributed by atoms with Crippen LogP contribution >= 0.6 is 11.6 Å². The van der Waals surface area contributed by atoms with Crippen LogP contribution in [0.3, 0.4) is 0 Å². The molecule has 2 aromatic carbocycles. The average molecular weight is 550 g/mol. The Morgan fingerprint density at radius 3 is 2.43 bits per heavy atom. The standard InChI is InChI=1S/C27H36ClN3O5S/c1-20(27(33)29-23-9-4-5-10-23)30(19-21-8-6-11-25(18-21)36-2)26(32)12-7-17-31(37(3,34)35)24-15-13-22(28)14-16-24/h6,8,11,13-16,18,20,23H,4-5,7,9-10,12,17,19H2,1-3H3,(H,29,33)/t20-/m1/s1. The molecule has 8 nitrogen and oxygen atoms in total. The summed E-state index contributed by atoms with van der Waals surface area (Å²) >= 11 is 5.95. The first-order valence-corrected chi connectivity index (χ1v) is 14.8. The van der Waals surface area contributed by atoms with Gasteiger partial charge in [-0.05, 0) is 68.1 Å². The monoisotopic (exact) mass is 549 g/mol. The molecule has 0 unspecified atom stereocenters. The van der Waals surface area contributed by atoms with Gasteiger partial charge in [-0.15, -0.1) is 0 Å². The molecule has 1 aliphatic rings. The summed E-state index contributed by atoms with van der Waals surface area (Å²) in [5, 5.41) is 3.59. The van der Waals surface area contributed by atoms with Gasteiger partial charge in [-0.2, -0.15) is 0 Å². The number of amides is 2. The summed E-state index contributed by atoms with van der Waals surface area (Å²) in [7, 11) is -1.98. The number of halogens is 1. The lowest BCUT2D eigenvalue weighted by atomic mass is 10.1. The fourth-order valence-electron chi connectivity index (χ4n) is 4.55. The lowest BCUT2D eigenvalue weighted by molar-refractivity contribution is -0.141. The van der Waals surface area contributed by atoms with E-state index < -0.39 is 16.1 Å². The second-order valence-electron chi connectivity index (χ2n) is 9.45. The molecule has 1 atom stereocenters. The van der Waals surface area contributed by atoms with Crippen molar-refractivity contribution in [2.75, 3.05) is 24.2 Å². The molecule has 202 valence electrons. The highest BCUT2D eigenvalue weighted by atomic mass is 35.5. The normalized spacial score (nSPS) is 14.7. The van der Waals surface area contributed by atoms with Gasteiger partial charge in [0.05, 0.1) is 19.1 Å². The number of methoxy groups -OCH3 is 1. The number of hydrogen-bond acceptors (Lipinski definition) is 5. The van der Waals surface area contributed by atoms with Gasteiger partial charge < -0.3 is 15.0 Å². The Kier molecular flexibility index (Phi) is 10.2. The van der Waals surface area contributed by atoms with E-state index in [0.29, 0.717) is 22.9 Å². The largest absolute Gasteiger partial charge is 0.497 e. The molecule has 1 fully saturated rings. The van der Waals surface area contributed by atoms with Crippen LogP contribution in [0.15, 0.2) is 48.5 Å². The van der Waals surface area contributed by atoms with E-state index in [1.807, 2.05) is 24.3 Å². The van der Waals surface area contributed by atoms with E-state index in [2.05, 4.69) is 5.32 Å². The lowest BCUT2D eigenvalue weighted by Crippen LogP contribution is -2.49. The van der Waals surface area contributed by atoms with Crippen molar-refractivity contribution in [1.82, 2.24) is 10.2 Å². The minimum atomic E-state index is -3.56. The molecule has 10 heteroatoms. The van der Waals surface area contributed by atoms with Gasteiger partial charge in [-0.1, -0.05) is 36.6 Å². The van der Waals surface area contributed by atoms with Crippen LogP contribution in [0.2, 0.25) is 5.02 Å². The van der Waals surface area contributed by atoms with Crippen molar-refractivity contribution in [3.63, 3.8) is 0 Å². The number of nitrogens with zero attached hydrogens (tertiary/aromatic N) is 2. The Hall–Kier alpha value is -2.78. The number of rotatable bonds is 12. The van der Waals surface area contributed by atoms with Crippen LogP contribution < -0.4 is 14.4 Å². The highest BCUT2D eigenvalue weighted by Crippen LogP contribution is 2.22. The van der Waals surface area contributed by atoms with Gasteiger partial charge in [-0.25, -0.2) is 8.42 Å². The Morgan fingerprint density at radius 2 is 1.81 bits per heavy atom. The Balaban J connectivity index is 1.72. The van der Waals surface area contributed by atoms with Crippen LogP contribution in [-0.2, 0) is 26.2 Å². The summed E-state index contributed by atoms with van der Waals surface area (Å²) in [6.07, 6.45) is 5.60. The summed E-state index contributed by atoms with van der Waals surface area (Å²) in [6.45, 7) is 2.10. The number of anilines is 1. The van der Waals surface area contributed by atoms with Crippen LogP contribution in [0, 0.1) is 0 Å². The molecular weight excluding hydrogens is 514 g/mol. The Labute approximate surface area is 225 Å². The highest BCUT2D eigenvalue weighted by molar-refractivity contribution is 7.92. The Morgan fingerprint density at radius 1 is 1.14 bits per heavy atom. The summed E-state index contributed by atoms with van der Waals surface area (Å²) < 4.78 is 31.4. The number of hydrogen-bond donors (Lipinski definition) is 1. The Bertz CT molecular complexity index is 1170. The third-order valence-electron chi connectivity index (χ3n) is 6.62. The number of carbonyl (C=O) groups excluding carboxylic acids is 2. The molecule has 0 aromatic heterocycles.